The number of aromatic nitrogens is 3. The van der Waals surface area contributed by atoms with Crippen molar-refractivity contribution >= 4 is 56.3 Å². The fourth-order valence-electron chi connectivity index (χ4n) is 7.96. The molecule has 29 heteroatoms. The average Bonchev–Trinajstić information content (AvgIpc) is 4.03. The van der Waals surface area contributed by atoms with Gasteiger partial charge in [0.05, 0.1) is 70.2 Å². The Hall–Kier alpha value is -6.50. The Morgan fingerprint density at radius 3 is 2.23 bits per heavy atom. The summed E-state index contributed by atoms with van der Waals surface area (Å²) in [6.07, 6.45) is -13.4. The molecule has 27 nitrogen and oxygen atoms in total. The number of ether oxygens (including phenoxy) is 7. The van der Waals surface area contributed by atoms with Crippen LogP contribution in [0.25, 0.3) is 11.0 Å². The highest BCUT2D eigenvalue weighted by Crippen LogP contribution is 2.36. The van der Waals surface area contributed by atoms with Crippen LogP contribution >= 0.6 is 0 Å². The summed E-state index contributed by atoms with van der Waals surface area (Å²) in [5.74, 6) is 2.08. The van der Waals surface area contributed by atoms with Crippen molar-refractivity contribution in [3.8, 4) is 23.3 Å². The zero-order valence-electron chi connectivity index (χ0n) is 42.8. The number of hydrogen-bond acceptors (Lipinski definition) is 20. The van der Waals surface area contributed by atoms with Crippen molar-refractivity contribution in [1.82, 2.24) is 19.6 Å². The lowest BCUT2D eigenvalue weighted by Gasteiger charge is -2.38. The molecule has 13 N–H and O–H groups in total. The standard InChI is InChI=1S/C48H61FN8O19S.CH3/c1-3-73-32-6-4-5-30(49)29(32)9-8-28-24-57(46-41(64)38(61)34(74-46)22-54-77(51,68)69)45-37(28)44(50)53-25-56(45)23-27-7-10-33(75-48-42(65)39(62)40(63)43(76-48)47(66)67)31(21-27)55-36(60)11-14-52-35(59)13-16-71-18-20-72-19-17-70-15-12-26(2)58;/h4-7,10,21,24-25,34,38-43,46,48,50,54,61-65H,3,11-20,22-23H2,1-2H3,(H5,51,52,55,59,60,66,67,68,69);1H3/q;-1/p+1/t34-,38-,39+,40+,41-,42-,43+,46-,48-;/m1./s1. The number of nitrogens with zero attached hydrogens (tertiary/aromatic N) is 3. The number of ketones is 1. The van der Waals surface area contributed by atoms with Crippen molar-refractivity contribution in [3.63, 3.8) is 0 Å². The van der Waals surface area contributed by atoms with E-state index in [0.717, 1.165) is 0 Å². The molecule has 0 aliphatic carbocycles. The van der Waals surface area contributed by atoms with E-state index in [1.54, 1.807) is 6.92 Å². The molecule has 6 rings (SSSR count). The van der Waals surface area contributed by atoms with Crippen LogP contribution < -0.4 is 40.3 Å². The Morgan fingerprint density at radius 2 is 1.56 bits per heavy atom. The number of Topliss-reactive ketones (excluding diaryl/α,β-unsaturated/α-hetero) is 1. The van der Waals surface area contributed by atoms with Crippen LogP contribution in [-0.2, 0) is 59.6 Å². The number of anilines is 2. The monoisotopic (exact) mass is 1120 g/mol. The largest absolute Gasteiger partial charge is 0.492 e. The first-order valence-electron chi connectivity index (χ1n) is 24.1. The fourth-order valence-corrected chi connectivity index (χ4v) is 8.35. The van der Waals surface area contributed by atoms with Crippen molar-refractivity contribution < 1.29 is 100 Å². The van der Waals surface area contributed by atoms with E-state index in [4.69, 9.17) is 44.0 Å². The van der Waals surface area contributed by atoms with Crippen LogP contribution in [0.3, 0.4) is 0 Å². The number of nitrogens with two attached hydrogens (primary N) is 2. The first kappa shape index (κ1) is 62.3. The Morgan fingerprint density at radius 1 is 0.872 bits per heavy atom. The molecule has 78 heavy (non-hydrogen) atoms. The highest BCUT2D eigenvalue weighted by atomic mass is 32.2. The third-order valence-electron chi connectivity index (χ3n) is 11.8. The minimum absolute atomic E-state index is 0. The number of benzene rings is 2. The number of halogens is 1. The van der Waals surface area contributed by atoms with Gasteiger partial charge < -0.3 is 87.6 Å². The first-order chi connectivity index (χ1) is 36.7. The summed E-state index contributed by atoms with van der Waals surface area (Å²) in [6.45, 7) is 3.95. The molecule has 4 heterocycles. The zero-order valence-corrected chi connectivity index (χ0v) is 43.6. The van der Waals surface area contributed by atoms with Gasteiger partial charge in [0.1, 0.15) is 70.7 Å². The minimum atomic E-state index is -4.26. The third kappa shape index (κ3) is 16.8. The quantitative estimate of drug-likeness (QED) is 0.0132. The van der Waals surface area contributed by atoms with Crippen LogP contribution in [0.5, 0.6) is 11.5 Å². The molecular weight excluding hydrogens is 1060 g/mol. The molecule has 0 bridgehead atoms. The van der Waals surface area contributed by atoms with Crippen LogP contribution in [0.1, 0.15) is 56.0 Å². The maximum atomic E-state index is 15.2. The zero-order chi connectivity index (χ0) is 56.0. The molecule has 0 saturated carbocycles. The lowest BCUT2D eigenvalue weighted by molar-refractivity contribution is -0.668. The Kier molecular flexibility index (Phi) is 23.1. The molecule has 428 valence electrons. The molecule has 0 spiro atoms. The summed E-state index contributed by atoms with van der Waals surface area (Å²) >= 11 is 0. The van der Waals surface area contributed by atoms with Crippen LogP contribution in [0.2, 0.25) is 0 Å². The van der Waals surface area contributed by atoms with E-state index in [1.807, 2.05) is 4.72 Å². The van der Waals surface area contributed by atoms with Crippen LogP contribution in [0.15, 0.2) is 48.9 Å². The lowest BCUT2D eigenvalue weighted by Crippen LogP contribution is -2.61. The number of fused-ring (bicyclic) bond motifs is 1. The number of carbonyl (C=O) groups is 4. The second kappa shape index (κ2) is 28.9. The van der Waals surface area contributed by atoms with Gasteiger partial charge in [0.25, 0.3) is 10.2 Å². The maximum Gasteiger partial charge on any atom is 0.335 e. The summed E-state index contributed by atoms with van der Waals surface area (Å²) in [5, 5.41) is 74.2. The van der Waals surface area contributed by atoms with Crippen LogP contribution in [-0.4, -0.2) is 181 Å². The number of amides is 2. The average molecular weight is 1120 g/mol. The smallest absolute Gasteiger partial charge is 0.335 e. The summed E-state index contributed by atoms with van der Waals surface area (Å²) in [4.78, 5) is 53.3. The van der Waals surface area contributed by atoms with Gasteiger partial charge in [-0.3, -0.25) is 14.4 Å². The Bertz CT molecular complexity index is 2900. The predicted octanol–water partition coefficient (Wildman–Crippen LogP) is -2.11. The SMILES string of the molecule is CCOc1cccc(F)c1C#Cc1cn([C@@H]2O[C@H](CNS(N)(=O)=O)[C@@H](O)[C@H]2O)c2c1c(N)nc[n+]2Cc1ccc(O[C@@H]2O[C@H](C(=O)O)[C@@H](O)[C@H](O)[C@H]2O)c(NC(=O)CCNC(=O)CCOCCOCCOCCC(C)=O)c1.[CH3-]. The van der Waals surface area contributed by atoms with Crippen molar-refractivity contribution in [2.24, 2.45) is 5.14 Å². The summed E-state index contributed by atoms with van der Waals surface area (Å²) in [5.41, 5.74) is 6.95. The second-order valence-corrected chi connectivity index (χ2v) is 18.9. The van der Waals surface area contributed by atoms with E-state index < -0.39 is 95.6 Å². The molecule has 0 unspecified atom stereocenters. The van der Waals surface area contributed by atoms with Crippen LogP contribution in [0, 0.1) is 25.1 Å². The summed E-state index contributed by atoms with van der Waals surface area (Å²) in [7, 11) is -4.26. The molecular formula is C49H65FN8O19S. The van der Waals surface area contributed by atoms with E-state index in [9.17, 15) is 58.2 Å². The number of nitrogen functional groups attached to an aromatic ring is 1. The number of hydrogen-bond donors (Lipinski definition) is 11. The van der Waals surface area contributed by atoms with Gasteiger partial charge in [-0.05, 0) is 43.7 Å². The number of carboxylic acid groups (broad SMARTS) is 1. The number of aliphatic carboxylic acids is 1. The molecule has 2 amide bonds. The van der Waals surface area contributed by atoms with Gasteiger partial charge in [0, 0.05) is 32.4 Å². The number of carbonyl (C=O) groups excluding carboxylic acids is 3. The highest BCUT2D eigenvalue weighted by molar-refractivity contribution is 7.87. The molecule has 0 radical (unpaired) electrons. The predicted molar refractivity (Wildman–Crippen MR) is 270 cm³/mol. The van der Waals surface area contributed by atoms with Gasteiger partial charge in [-0.1, -0.05) is 29.0 Å². The molecule has 9 atom stereocenters. The van der Waals surface area contributed by atoms with Crippen molar-refractivity contribution in [1.29, 1.82) is 0 Å². The van der Waals surface area contributed by atoms with Gasteiger partial charge in [0.2, 0.25) is 42.1 Å². The highest BCUT2D eigenvalue weighted by Gasteiger charge is 2.49. The molecule has 2 aliphatic rings. The second-order valence-electron chi connectivity index (χ2n) is 17.5. The number of aliphatic hydroxyl groups is 5. The van der Waals surface area contributed by atoms with Crippen molar-refractivity contribution in [2.45, 2.75) is 94.9 Å². The molecule has 2 saturated heterocycles. The summed E-state index contributed by atoms with van der Waals surface area (Å²) in [6, 6.07) is 8.38. The molecule has 2 fully saturated rings. The number of nitrogens with one attached hydrogen (secondary N) is 3. The number of carboxylic acids is 1. The first-order valence-corrected chi connectivity index (χ1v) is 25.6. The fraction of sp³-hybridized carbons (Fsp3) is 0.490. The molecule has 2 aromatic carbocycles. The van der Waals surface area contributed by atoms with Crippen LogP contribution in [0.4, 0.5) is 15.9 Å². The van der Waals surface area contributed by atoms with E-state index in [-0.39, 0.29) is 111 Å². The minimum Gasteiger partial charge on any atom is -0.492 e. The topological polar surface area (TPSA) is 398 Å². The van der Waals surface area contributed by atoms with E-state index in [1.165, 1.54) is 65.0 Å². The molecule has 2 aliphatic heterocycles. The Labute approximate surface area is 447 Å². The molecule has 4 aromatic rings. The van der Waals surface area contributed by atoms with Gasteiger partial charge in [-0.2, -0.15) is 13.1 Å². The van der Waals surface area contributed by atoms with Crippen molar-refractivity contribution in [3.05, 3.63) is 78.9 Å². The number of rotatable bonds is 27. The van der Waals surface area contributed by atoms with Gasteiger partial charge in [0.15, 0.2) is 6.10 Å². The van der Waals surface area contributed by atoms with E-state index >= 15 is 4.39 Å². The van der Waals surface area contributed by atoms with Crippen molar-refractivity contribution in [2.75, 3.05) is 70.4 Å². The van der Waals surface area contributed by atoms with E-state index in [2.05, 4.69) is 27.5 Å². The Balaban J connectivity index is 0.0000112. The van der Waals surface area contributed by atoms with E-state index in [0.29, 0.717) is 31.8 Å². The summed E-state index contributed by atoms with van der Waals surface area (Å²) < 4.78 is 82.6. The number of aliphatic hydroxyl groups excluding tert-OH is 5. The van der Waals surface area contributed by atoms with Gasteiger partial charge >= 0.3 is 5.97 Å². The molecule has 2 aromatic heterocycles. The normalized spacial score (nSPS) is 22.0. The lowest BCUT2D eigenvalue weighted by atomic mass is 9.99. The van der Waals surface area contributed by atoms with Gasteiger partial charge in [-0.15, -0.1) is 0 Å². The maximum absolute atomic E-state index is 15.2. The third-order valence-corrected chi connectivity index (χ3v) is 12.4. The van der Waals surface area contributed by atoms with Gasteiger partial charge in [-0.25, -0.2) is 23.5 Å².